The predicted octanol–water partition coefficient (Wildman–Crippen LogP) is 4.44. The van der Waals surface area contributed by atoms with E-state index in [1.165, 1.54) is 11.9 Å². The molecule has 0 bridgehead atoms. The number of hydrogen-bond donors (Lipinski definition) is 2. The van der Waals surface area contributed by atoms with Gasteiger partial charge in [0, 0.05) is 11.4 Å². The summed E-state index contributed by atoms with van der Waals surface area (Å²) in [7, 11) is 1.57. The number of nitro groups is 1. The lowest BCUT2D eigenvalue weighted by Crippen LogP contribution is -2.05. The number of nitrogens with one attached hydrogen (secondary N) is 2. The molecule has 138 valence electrons. The Morgan fingerprint density at radius 2 is 1.48 bits per heavy atom. The molecule has 3 aromatic rings. The fourth-order valence-electron chi connectivity index (χ4n) is 2.51. The quantitative estimate of drug-likeness (QED) is 0.471. The first-order valence-electron chi connectivity index (χ1n) is 8.37. The zero-order chi connectivity index (χ0) is 19.2. The van der Waals surface area contributed by atoms with E-state index in [-0.39, 0.29) is 17.3 Å². The van der Waals surface area contributed by atoms with Crippen molar-refractivity contribution in [2.24, 2.45) is 0 Å². The second kappa shape index (κ2) is 8.13. The number of ether oxygens (including phenoxy) is 1. The summed E-state index contributed by atoms with van der Waals surface area (Å²) in [6.45, 7) is 2.06. The maximum atomic E-state index is 11.6. The normalized spacial score (nSPS) is 10.3. The lowest BCUT2D eigenvalue weighted by Gasteiger charge is -2.11. The number of aromatic nitrogens is 2. The first kappa shape index (κ1) is 18.1. The van der Waals surface area contributed by atoms with Crippen LogP contribution in [0.25, 0.3) is 0 Å². The molecule has 1 aromatic heterocycles. The van der Waals surface area contributed by atoms with Crippen molar-refractivity contribution in [3.63, 3.8) is 0 Å². The molecule has 2 aromatic carbocycles. The van der Waals surface area contributed by atoms with Gasteiger partial charge in [-0.15, -0.1) is 0 Å². The molecular weight excluding hydrogens is 346 g/mol. The van der Waals surface area contributed by atoms with Crippen LogP contribution in [-0.4, -0.2) is 22.0 Å². The summed E-state index contributed by atoms with van der Waals surface area (Å²) in [6, 6.07) is 14.7. The molecule has 0 radical (unpaired) electrons. The molecule has 0 aliphatic rings. The maximum Gasteiger partial charge on any atom is 0.353 e. The van der Waals surface area contributed by atoms with Crippen LogP contribution in [0.5, 0.6) is 5.75 Å². The van der Waals surface area contributed by atoms with Crippen LogP contribution in [0.2, 0.25) is 0 Å². The highest BCUT2D eigenvalue weighted by molar-refractivity contribution is 5.76. The van der Waals surface area contributed by atoms with E-state index in [0.29, 0.717) is 17.1 Å². The van der Waals surface area contributed by atoms with Gasteiger partial charge in [0.1, 0.15) is 12.1 Å². The van der Waals surface area contributed by atoms with Gasteiger partial charge in [-0.1, -0.05) is 19.1 Å². The smallest absolute Gasteiger partial charge is 0.353 e. The lowest BCUT2D eigenvalue weighted by atomic mass is 10.1. The van der Waals surface area contributed by atoms with E-state index in [1.807, 2.05) is 24.3 Å². The molecule has 3 rings (SSSR count). The van der Waals surface area contributed by atoms with Crippen molar-refractivity contribution in [1.29, 1.82) is 0 Å². The molecular formula is C19H19N5O3. The van der Waals surface area contributed by atoms with Crippen LogP contribution in [0.4, 0.5) is 28.7 Å². The summed E-state index contributed by atoms with van der Waals surface area (Å²) in [5, 5.41) is 17.6. The van der Waals surface area contributed by atoms with Crippen LogP contribution in [0.3, 0.4) is 0 Å². The fraction of sp³-hybridized carbons (Fsp3) is 0.158. The average molecular weight is 365 g/mol. The van der Waals surface area contributed by atoms with Gasteiger partial charge in [0.15, 0.2) is 0 Å². The Labute approximate surface area is 156 Å². The fourth-order valence-corrected chi connectivity index (χ4v) is 2.51. The lowest BCUT2D eigenvalue weighted by molar-refractivity contribution is -0.383. The van der Waals surface area contributed by atoms with Gasteiger partial charge >= 0.3 is 5.69 Å². The van der Waals surface area contributed by atoms with Crippen molar-refractivity contribution in [3.8, 4) is 5.75 Å². The molecule has 0 atom stereocenters. The van der Waals surface area contributed by atoms with Crippen molar-refractivity contribution < 1.29 is 9.66 Å². The third-order valence-electron chi connectivity index (χ3n) is 3.98. The molecule has 0 amide bonds. The van der Waals surface area contributed by atoms with Gasteiger partial charge in [0.2, 0.25) is 11.6 Å². The van der Waals surface area contributed by atoms with Gasteiger partial charge in [-0.3, -0.25) is 10.1 Å². The van der Waals surface area contributed by atoms with Crippen molar-refractivity contribution >= 4 is 28.7 Å². The molecule has 0 unspecified atom stereocenters. The predicted molar refractivity (Wildman–Crippen MR) is 104 cm³/mol. The number of rotatable bonds is 7. The van der Waals surface area contributed by atoms with E-state index >= 15 is 0 Å². The van der Waals surface area contributed by atoms with Crippen LogP contribution in [-0.2, 0) is 6.42 Å². The number of benzene rings is 2. The third-order valence-corrected chi connectivity index (χ3v) is 3.98. The second-order valence-electron chi connectivity index (χ2n) is 5.71. The highest BCUT2D eigenvalue weighted by Gasteiger charge is 2.23. The monoisotopic (exact) mass is 365 g/mol. The zero-order valence-corrected chi connectivity index (χ0v) is 15.0. The van der Waals surface area contributed by atoms with E-state index < -0.39 is 4.92 Å². The van der Waals surface area contributed by atoms with Crippen LogP contribution in [0, 0.1) is 10.1 Å². The Morgan fingerprint density at radius 1 is 0.963 bits per heavy atom. The average Bonchev–Trinajstić information content (AvgIpc) is 2.69. The van der Waals surface area contributed by atoms with Crippen molar-refractivity contribution in [1.82, 2.24) is 9.97 Å². The minimum absolute atomic E-state index is 0.104. The van der Waals surface area contributed by atoms with Gasteiger partial charge in [-0.25, -0.2) is 9.97 Å². The number of hydrogen-bond acceptors (Lipinski definition) is 7. The molecule has 1 heterocycles. The molecule has 2 N–H and O–H groups in total. The van der Waals surface area contributed by atoms with Crippen molar-refractivity contribution in [3.05, 3.63) is 70.5 Å². The van der Waals surface area contributed by atoms with Crippen LogP contribution >= 0.6 is 0 Å². The Bertz CT molecular complexity index is 859. The van der Waals surface area contributed by atoms with Crippen LogP contribution < -0.4 is 15.4 Å². The summed E-state index contributed by atoms with van der Waals surface area (Å²) < 4.78 is 5.11. The highest BCUT2D eigenvalue weighted by atomic mass is 16.6. The Kier molecular flexibility index (Phi) is 5.46. The van der Waals surface area contributed by atoms with Crippen LogP contribution in [0.15, 0.2) is 54.9 Å². The first-order chi connectivity index (χ1) is 13.1. The van der Waals surface area contributed by atoms with E-state index in [1.54, 1.807) is 31.4 Å². The summed E-state index contributed by atoms with van der Waals surface area (Å²) >= 11 is 0. The Morgan fingerprint density at radius 3 is 1.93 bits per heavy atom. The molecule has 8 heteroatoms. The van der Waals surface area contributed by atoms with Gasteiger partial charge in [0.25, 0.3) is 0 Å². The molecule has 0 aliphatic heterocycles. The minimum atomic E-state index is -0.505. The zero-order valence-electron chi connectivity index (χ0n) is 15.0. The topological polar surface area (TPSA) is 102 Å². The summed E-state index contributed by atoms with van der Waals surface area (Å²) in [5.74, 6) is 0.915. The Balaban J connectivity index is 1.90. The molecule has 27 heavy (non-hydrogen) atoms. The van der Waals surface area contributed by atoms with E-state index in [2.05, 4.69) is 27.5 Å². The molecule has 0 aliphatic carbocycles. The Hall–Kier alpha value is -3.68. The van der Waals surface area contributed by atoms with E-state index in [0.717, 1.165) is 6.42 Å². The minimum Gasteiger partial charge on any atom is -0.497 e. The number of aryl methyl sites for hydroxylation is 1. The van der Waals surface area contributed by atoms with Gasteiger partial charge in [-0.2, -0.15) is 0 Å². The standard InChI is InChI=1S/C19H19N5O3/c1-3-13-4-6-14(7-5-13)22-18-17(24(25)26)19(21-12-20-18)23-15-8-10-16(27-2)11-9-15/h4-12H,3H2,1-2H3,(H2,20,21,22,23). The van der Waals surface area contributed by atoms with E-state index in [4.69, 9.17) is 4.74 Å². The van der Waals surface area contributed by atoms with Gasteiger partial charge in [0.05, 0.1) is 12.0 Å². The largest absolute Gasteiger partial charge is 0.497 e. The molecule has 0 saturated carbocycles. The number of methoxy groups -OCH3 is 1. The van der Waals surface area contributed by atoms with Crippen molar-refractivity contribution in [2.75, 3.05) is 17.7 Å². The SMILES string of the molecule is CCc1ccc(Nc2ncnc(Nc3ccc(OC)cc3)c2[N+](=O)[O-])cc1. The number of anilines is 4. The molecule has 0 saturated heterocycles. The molecule has 8 nitrogen and oxygen atoms in total. The first-order valence-corrected chi connectivity index (χ1v) is 8.37. The second-order valence-corrected chi connectivity index (χ2v) is 5.71. The van der Waals surface area contributed by atoms with E-state index in [9.17, 15) is 10.1 Å². The van der Waals surface area contributed by atoms with Crippen LogP contribution in [0.1, 0.15) is 12.5 Å². The third kappa shape index (κ3) is 4.30. The van der Waals surface area contributed by atoms with Crippen molar-refractivity contribution in [2.45, 2.75) is 13.3 Å². The summed E-state index contributed by atoms with van der Waals surface area (Å²) in [5.41, 5.74) is 2.31. The molecule has 0 fully saturated rings. The number of nitrogens with zero attached hydrogens (tertiary/aromatic N) is 3. The summed E-state index contributed by atoms with van der Waals surface area (Å²) in [4.78, 5) is 19.2. The maximum absolute atomic E-state index is 11.6. The molecule has 0 spiro atoms. The van der Waals surface area contributed by atoms with Gasteiger partial charge in [-0.05, 0) is 48.4 Å². The highest BCUT2D eigenvalue weighted by Crippen LogP contribution is 2.33. The van der Waals surface area contributed by atoms with Gasteiger partial charge < -0.3 is 15.4 Å². The summed E-state index contributed by atoms with van der Waals surface area (Å²) in [6.07, 6.45) is 2.20.